The summed E-state index contributed by atoms with van der Waals surface area (Å²) in [5, 5.41) is 8.77. The van der Waals surface area contributed by atoms with Crippen molar-refractivity contribution >= 4 is 6.08 Å². The van der Waals surface area contributed by atoms with Crippen LogP contribution < -0.4 is 0 Å². The standard InChI is InChI=1S/C13H14N2O/c16-9-3-6-11-4-1-2-5-12(11)10-13-14-7-8-15-13/h1-8,16H,9-10H2,(H,14,15). The highest BCUT2D eigenvalue weighted by Gasteiger charge is 2.01. The van der Waals surface area contributed by atoms with Crippen LogP contribution in [0.15, 0.2) is 42.7 Å². The quantitative estimate of drug-likeness (QED) is 0.817. The van der Waals surface area contributed by atoms with Crippen LogP contribution in [0.3, 0.4) is 0 Å². The zero-order valence-corrected chi connectivity index (χ0v) is 8.93. The van der Waals surface area contributed by atoms with E-state index in [1.165, 1.54) is 5.56 Å². The molecule has 0 saturated heterocycles. The number of aromatic nitrogens is 2. The molecule has 0 unspecified atom stereocenters. The fourth-order valence-electron chi connectivity index (χ4n) is 1.61. The maximum Gasteiger partial charge on any atom is 0.110 e. The van der Waals surface area contributed by atoms with Gasteiger partial charge in [-0.25, -0.2) is 4.98 Å². The van der Waals surface area contributed by atoms with Crippen LogP contribution in [-0.4, -0.2) is 21.7 Å². The van der Waals surface area contributed by atoms with Gasteiger partial charge in [-0.1, -0.05) is 36.4 Å². The van der Waals surface area contributed by atoms with Crippen molar-refractivity contribution in [2.75, 3.05) is 6.61 Å². The van der Waals surface area contributed by atoms with Gasteiger partial charge in [0.2, 0.25) is 0 Å². The van der Waals surface area contributed by atoms with Crippen LogP contribution in [0.4, 0.5) is 0 Å². The largest absolute Gasteiger partial charge is 0.392 e. The molecule has 0 fully saturated rings. The molecule has 0 aliphatic carbocycles. The first-order valence-electron chi connectivity index (χ1n) is 5.23. The smallest absolute Gasteiger partial charge is 0.110 e. The second kappa shape index (κ2) is 5.28. The number of nitrogens with one attached hydrogen (secondary N) is 1. The highest BCUT2D eigenvalue weighted by molar-refractivity contribution is 5.54. The van der Waals surface area contributed by atoms with Gasteiger partial charge in [0.25, 0.3) is 0 Å². The van der Waals surface area contributed by atoms with Crippen LogP contribution in [-0.2, 0) is 6.42 Å². The third-order valence-electron chi connectivity index (χ3n) is 2.37. The molecule has 0 bridgehead atoms. The van der Waals surface area contributed by atoms with Crippen molar-refractivity contribution in [3.8, 4) is 0 Å². The first-order chi connectivity index (χ1) is 7.90. The Morgan fingerprint density at radius 3 is 2.94 bits per heavy atom. The van der Waals surface area contributed by atoms with E-state index in [9.17, 15) is 0 Å². The van der Waals surface area contributed by atoms with Gasteiger partial charge >= 0.3 is 0 Å². The van der Waals surface area contributed by atoms with E-state index < -0.39 is 0 Å². The SMILES string of the molecule is OCC=Cc1ccccc1Cc1ncc[nH]1. The number of imidazole rings is 1. The molecule has 0 aliphatic heterocycles. The highest BCUT2D eigenvalue weighted by atomic mass is 16.2. The van der Waals surface area contributed by atoms with Crippen molar-refractivity contribution in [3.05, 3.63) is 59.7 Å². The Hall–Kier alpha value is -1.87. The van der Waals surface area contributed by atoms with Crippen LogP contribution in [0.5, 0.6) is 0 Å². The fraction of sp³-hybridized carbons (Fsp3) is 0.154. The van der Waals surface area contributed by atoms with Gasteiger partial charge in [0.15, 0.2) is 0 Å². The molecule has 1 aromatic heterocycles. The minimum atomic E-state index is 0.0646. The van der Waals surface area contributed by atoms with Crippen LogP contribution in [0.25, 0.3) is 6.08 Å². The molecule has 0 atom stereocenters. The van der Waals surface area contributed by atoms with Crippen LogP contribution >= 0.6 is 0 Å². The lowest BCUT2D eigenvalue weighted by atomic mass is 10.0. The maximum atomic E-state index is 8.77. The Morgan fingerprint density at radius 1 is 1.31 bits per heavy atom. The van der Waals surface area contributed by atoms with E-state index in [-0.39, 0.29) is 6.61 Å². The van der Waals surface area contributed by atoms with Crippen molar-refractivity contribution in [2.24, 2.45) is 0 Å². The molecule has 0 radical (unpaired) electrons. The summed E-state index contributed by atoms with van der Waals surface area (Å²) in [6, 6.07) is 8.10. The van der Waals surface area contributed by atoms with E-state index in [0.29, 0.717) is 0 Å². The normalized spacial score (nSPS) is 11.1. The van der Waals surface area contributed by atoms with Crippen molar-refractivity contribution < 1.29 is 5.11 Å². The maximum absolute atomic E-state index is 8.77. The summed E-state index contributed by atoms with van der Waals surface area (Å²) in [4.78, 5) is 7.29. The first kappa shape index (κ1) is 10.6. The van der Waals surface area contributed by atoms with E-state index in [0.717, 1.165) is 17.8 Å². The average Bonchev–Trinajstić information content (AvgIpc) is 2.81. The molecule has 0 aliphatic rings. The zero-order valence-electron chi connectivity index (χ0n) is 8.93. The van der Waals surface area contributed by atoms with E-state index in [2.05, 4.69) is 16.0 Å². The molecular weight excluding hydrogens is 200 g/mol. The summed E-state index contributed by atoms with van der Waals surface area (Å²) in [6.07, 6.45) is 8.02. The summed E-state index contributed by atoms with van der Waals surface area (Å²) in [5.74, 6) is 0.949. The lowest BCUT2D eigenvalue weighted by molar-refractivity contribution is 0.343. The Morgan fingerprint density at radius 2 is 2.19 bits per heavy atom. The number of aliphatic hydroxyl groups excluding tert-OH is 1. The third kappa shape index (κ3) is 2.58. The molecule has 0 amide bonds. The second-order valence-corrected chi connectivity index (χ2v) is 3.50. The number of aromatic amines is 1. The van der Waals surface area contributed by atoms with Crippen molar-refractivity contribution in [3.63, 3.8) is 0 Å². The number of nitrogens with zero attached hydrogens (tertiary/aromatic N) is 1. The number of hydrogen-bond acceptors (Lipinski definition) is 2. The third-order valence-corrected chi connectivity index (χ3v) is 2.37. The molecule has 16 heavy (non-hydrogen) atoms. The predicted octanol–water partition coefficient (Wildman–Crippen LogP) is 2.01. The van der Waals surface area contributed by atoms with E-state index in [4.69, 9.17) is 5.11 Å². The fourth-order valence-corrected chi connectivity index (χ4v) is 1.61. The topological polar surface area (TPSA) is 48.9 Å². The summed E-state index contributed by atoms with van der Waals surface area (Å²) < 4.78 is 0. The molecule has 82 valence electrons. The lowest BCUT2D eigenvalue weighted by Crippen LogP contribution is -1.93. The van der Waals surface area contributed by atoms with Gasteiger partial charge in [0, 0.05) is 18.8 Å². The van der Waals surface area contributed by atoms with E-state index in [1.54, 1.807) is 12.3 Å². The van der Waals surface area contributed by atoms with Gasteiger partial charge in [-0.2, -0.15) is 0 Å². The zero-order chi connectivity index (χ0) is 11.2. The number of rotatable bonds is 4. The van der Waals surface area contributed by atoms with E-state index >= 15 is 0 Å². The molecule has 3 nitrogen and oxygen atoms in total. The van der Waals surface area contributed by atoms with Gasteiger partial charge in [-0.05, 0) is 11.1 Å². The van der Waals surface area contributed by atoms with Crippen molar-refractivity contribution in [2.45, 2.75) is 6.42 Å². The van der Waals surface area contributed by atoms with Gasteiger partial charge in [0.1, 0.15) is 5.82 Å². The number of benzene rings is 1. The Labute approximate surface area is 94.5 Å². The van der Waals surface area contributed by atoms with Crippen LogP contribution in [0.2, 0.25) is 0 Å². The van der Waals surface area contributed by atoms with E-state index in [1.807, 2.05) is 30.5 Å². The molecule has 0 saturated carbocycles. The predicted molar refractivity (Wildman–Crippen MR) is 64.0 cm³/mol. The van der Waals surface area contributed by atoms with Gasteiger partial charge < -0.3 is 10.1 Å². The first-order valence-corrected chi connectivity index (χ1v) is 5.23. The molecular formula is C13H14N2O. The number of aliphatic hydroxyl groups is 1. The molecule has 1 aromatic carbocycles. The van der Waals surface area contributed by atoms with Gasteiger partial charge in [-0.15, -0.1) is 0 Å². The molecule has 2 rings (SSSR count). The highest BCUT2D eigenvalue weighted by Crippen LogP contribution is 2.13. The molecule has 0 spiro atoms. The number of H-pyrrole nitrogens is 1. The van der Waals surface area contributed by atoms with Gasteiger partial charge in [-0.3, -0.25) is 0 Å². The Balaban J connectivity index is 2.22. The summed E-state index contributed by atoms with van der Waals surface area (Å²) in [7, 11) is 0. The van der Waals surface area contributed by atoms with Crippen LogP contribution in [0.1, 0.15) is 17.0 Å². The van der Waals surface area contributed by atoms with Crippen molar-refractivity contribution in [1.29, 1.82) is 0 Å². The summed E-state index contributed by atoms with van der Waals surface area (Å²) in [5.41, 5.74) is 2.31. The Bertz CT molecular complexity index is 461. The molecule has 3 heteroatoms. The molecule has 2 aromatic rings. The average molecular weight is 214 g/mol. The molecule has 2 N–H and O–H groups in total. The monoisotopic (exact) mass is 214 g/mol. The van der Waals surface area contributed by atoms with Crippen molar-refractivity contribution in [1.82, 2.24) is 9.97 Å². The minimum Gasteiger partial charge on any atom is -0.392 e. The second-order valence-electron chi connectivity index (χ2n) is 3.50. The number of hydrogen-bond donors (Lipinski definition) is 2. The van der Waals surface area contributed by atoms with Gasteiger partial charge in [0.05, 0.1) is 6.61 Å². The lowest BCUT2D eigenvalue weighted by Gasteiger charge is -2.03. The van der Waals surface area contributed by atoms with Crippen LogP contribution in [0, 0.1) is 0 Å². The minimum absolute atomic E-state index is 0.0646. The Kier molecular flexibility index (Phi) is 3.51. The summed E-state index contributed by atoms with van der Waals surface area (Å²) >= 11 is 0. The summed E-state index contributed by atoms with van der Waals surface area (Å²) in [6.45, 7) is 0.0646. The molecule has 1 heterocycles.